The number of rotatable bonds is 2. The molecular formula is C14H13F3N4. The number of halogens is 3. The molecule has 7 heteroatoms. The highest BCUT2D eigenvalue weighted by atomic mass is 19.4. The highest BCUT2D eigenvalue weighted by Crippen LogP contribution is 2.40. The quantitative estimate of drug-likeness (QED) is 0.893. The van der Waals surface area contributed by atoms with Crippen molar-refractivity contribution in [1.82, 2.24) is 4.98 Å². The van der Waals surface area contributed by atoms with Gasteiger partial charge in [0.15, 0.2) is 0 Å². The average molecular weight is 294 g/mol. The van der Waals surface area contributed by atoms with E-state index in [2.05, 4.69) is 10.3 Å². The Labute approximate surface area is 119 Å². The Hall–Kier alpha value is -2.44. The van der Waals surface area contributed by atoms with Crippen LogP contribution >= 0.6 is 0 Å². The molecule has 0 aliphatic carbocycles. The van der Waals surface area contributed by atoms with Gasteiger partial charge in [-0.15, -0.1) is 0 Å². The van der Waals surface area contributed by atoms with Gasteiger partial charge in [-0.3, -0.25) is 0 Å². The summed E-state index contributed by atoms with van der Waals surface area (Å²) in [6.07, 6.45) is -4.51. The molecule has 2 aromatic rings. The fraction of sp³-hybridized carbons (Fsp3) is 0.214. The lowest BCUT2D eigenvalue weighted by Crippen LogP contribution is -2.22. The fourth-order valence-electron chi connectivity index (χ4n) is 2.33. The van der Waals surface area contributed by atoms with E-state index in [0.717, 1.165) is 11.6 Å². The fourth-order valence-corrected chi connectivity index (χ4v) is 2.33. The molecular weight excluding hydrogens is 281 g/mol. The standard InChI is InChI=1S/C14H13F3N4/c15-14(16,17)11-6-10-12(13(18)20-11)19-8-21(10)7-9-4-2-1-3-5-9/h1-6,19H,7-8H2,(H2,18,20). The monoisotopic (exact) mass is 294 g/mol. The first kappa shape index (κ1) is 13.5. The van der Waals surface area contributed by atoms with Crippen LogP contribution in [-0.4, -0.2) is 11.7 Å². The topological polar surface area (TPSA) is 54.2 Å². The van der Waals surface area contributed by atoms with Gasteiger partial charge in [-0.1, -0.05) is 30.3 Å². The summed E-state index contributed by atoms with van der Waals surface area (Å²) < 4.78 is 38.5. The van der Waals surface area contributed by atoms with Gasteiger partial charge in [0.1, 0.15) is 17.2 Å². The van der Waals surface area contributed by atoms with Crippen LogP contribution in [0.2, 0.25) is 0 Å². The number of hydrogen-bond donors (Lipinski definition) is 2. The Kier molecular flexibility index (Phi) is 3.12. The summed E-state index contributed by atoms with van der Waals surface area (Å²) in [5.41, 5.74) is 6.55. The molecule has 21 heavy (non-hydrogen) atoms. The van der Waals surface area contributed by atoms with E-state index in [9.17, 15) is 13.2 Å². The highest BCUT2D eigenvalue weighted by molar-refractivity contribution is 5.83. The smallest absolute Gasteiger partial charge is 0.382 e. The predicted octanol–water partition coefficient (Wildman–Crippen LogP) is 3.07. The molecule has 0 saturated heterocycles. The number of nitrogen functional groups attached to an aromatic ring is 1. The molecule has 110 valence electrons. The largest absolute Gasteiger partial charge is 0.433 e. The minimum absolute atomic E-state index is 0.129. The number of benzene rings is 1. The van der Waals surface area contributed by atoms with E-state index in [4.69, 9.17) is 5.73 Å². The number of nitrogens with one attached hydrogen (secondary N) is 1. The summed E-state index contributed by atoms with van der Waals surface area (Å²) in [6.45, 7) is 0.902. The molecule has 0 amide bonds. The molecule has 0 radical (unpaired) electrons. The van der Waals surface area contributed by atoms with Gasteiger partial charge >= 0.3 is 6.18 Å². The van der Waals surface area contributed by atoms with E-state index in [1.54, 1.807) is 4.90 Å². The van der Waals surface area contributed by atoms with Gasteiger partial charge in [-0.25, -0.2) is 4.98 Å². The Morgan fingerprint density at radius 3 is 2.62 bits per heavy atom. The van der Waals surface area contributed by atoms with Gasteiger partial charge in [-0.05, 0) is 11.6 Å². The van der Waals surface area contributed by atoms with E-state index in [1.807, 2.05) is 30.3 Å². The molecule has 0 atom stereocenters. The van der Waals surface area contributed by atoms with Crippen LogP contribution in [-0.2, 0) is 12.7 Å². The maximum Gasteiger partial charge on any atom is 0.433 e. The summed E-state index contributed by atoms with van der Waals surface area (Å²) >= 11 is 0. The van der Waals surface area contributed by atoms with Crippen LogP contribution in [0.5, 0.6) is 0 Å². The zero-order valence-corrected chi connectivity index (χ0v) is 11.0. The molecule has 0 bridgehead atoms. The van der Waals surface area contributed by atoms with Crippen LogP contribution in [0.25, 0.3) is 0 Å². The van der Waals surface area contributed by atoms with Crippen molar-refractivity contribution in [3.63, 3.8) is 0 Å². The maximum atomic E-state index is 12.8. The third-order valence-corrected chi connectivity index (χ3v) is 3.32. The number of aromatic nitrogens is 1. The number of nitrogens with two attached hydrogens (primary N) is 1. The molecule has 0 spiro atoms. The van der Waals surface area contributed by atoms with Gasteiger partial charge in [0.25, 0.3) is 0 Å². The van der Waals surface area contributed by atoms with Crippen molar-refractivity contribution in [2.45, 2.75) is 12.7 Å². The van der Waals surface area contributed by atoms with Crippen molar-refractivity contribution >= 4 is 17.2 Å². The third kappa shape index (κ3) is 2.58. The number of alkyl halides is 3. The van der Waals surface area contributed by atoms with E-state index >= 15 is 0 Å². The second kappa shape index (κ2) is 4.83. The number of pyridine rings is 1. The van der Waals surface area contributed by atoms with Gasteiger partial charge < -0.3 is 16.0 Å². The molecule has 1 aromatic carbocycles. The Bertz CT molecular complexity index is 655. The van der Waals surface area contributed by atoms with Gasteiger partial charge in [-0.2, -0.15) is 13.2 Å². The zero-order valence-electron chi connectivity index (χ0n) is 11.0. The normalized spacial score (nSPS) is 14.0. The lowest BCUT2D eigenvalue weighted by molar-refractivity contribution is -0.141. The Morgan fingerprint density at radius 2 is 1.95 bits per heavy atom. The van der Waals surface area contributed by atoms with E-state index < -0.39 is 11.9 Å². The minimum atomic E-state index is -4.51. The van der Waals surface area contributed by atoms with E-state index in [0.29, 0.717) is 24.6 Å². The molecule has 3 N–H and O–H groups in total. The molecule has 1 aliphatic heterocycles. The number of hydrogen-bond acceptors (Lipinski definition) is 4. The Balaban J connectivity index is 1.95. The molecule has 1 aliphatic rings. The second-order valence-electron chi connectivity index (χ2n) is 4.80. The maximum absolute atomic E-state index is 12.8. The van der Waals surface area contributed by atoms with Crippen LogP contribution in [0.4, 0.5) is 30.4 Å². The summed E-state index contributed by atoms with van der Waals surface area (Å²) in [7, 11) is 0. The first-order valence-corrected chi connectivity index (χ1v) is 6.35. The zero-order chi connectivity index (χ0) is 15.0. The molecule has 0 fully saturated rings. The van der Waals surface area contributed by atoms with Crippen LogP contribution in [0.3, 0.4) is 0 Å². The van der Waals surface area contributed by atoms with Crippen LogP contribution in [0.1, 0.15) is 11.3 Å². The molecule has 4 nitrogen and oxygen atoms in total. The van der Waals surface area contributed by atoms with Crippen LogP contribution in [0, 0.1) is 0 Å². The minimum Gasteiger partial charge on any atom is -0.382 e. The first-order valence-electron chi connectivity index (χ1n) is 6.35. The number of fused-ring (bicyclic) bond motifs is 1. The predicted molar refractivity (Wildman–Crippen MR) is 74.8 cm³/mol. The van der Waals surface area contributed by atoms with Gasteiger partial charge in [0.05, 0.1) is 12.4 Å². The molecule has 0 saturated carbocycles. The summed E-state index contributed by atoms with van der Waals surface area (Å²) in [4.78, 5) is 5.22. The van der Waals surface area contributed by atoms with Crippen molar-refractivity contribution in [1.29, 1.82) is 0 Å². The lowest BCUT2D eigenvalue weighted by atomic mass is 10.2. The number of nitrogens with zero attached hydrogens (tertiary/aromatic N) is 2. The van der Waals surface area contributed by atoms with E-state index in [1.165, 1.54) is 0 Å². The SMILES string of the molecule is Nc1nc(C(F)(F)F)cc2c1NCN2Cc1ccccc1. The Morgan fingerprint density at radius 1 is 1.24 bits per heavy atom. The third-order valence-electron chi connectivity index (χ3n) is 3.32. The molecule has 2 heterocycles. The first-order chi connectivity index (χ1) is 9.95. The van der Waals surface area contributed by atoms with Crippen molar-refractivity contribution in [3.8, 4) is 0 Å². The van der Waals surface area contributed by atoms with E-state index in [-0.39, 0.29) is 5.82 Å². The average Bonchev–Trinajstić information content (AvgIpc) is 2.83. The lowest BCUT2D eigenvalue weighted by Gasteiger charge is -2.19. The van der Waals surface area contributed by atoms with Crippen molar-refractivity contribution in [3.05, 3.63) is 47.7 Å². The summed E-state index contributed by atoms with van der Waals surface area (Å²) in [6, 6.07) is 10.6. The van der Waals surface area contributed by atoms with Crippen molar-refractivity contribution in [2.75, 3.05) is 22.6 Å². The van der Waals surface area contributed by atoms with Crippen LogP contribution < -0.4 is 16.0 Å². The highest BCUT2D eigenvalue weighted by Gasteiger charge is 2.35. The van der Waals surface area contributed by atoms with Crippen molar-refractivity contribution < 1.29 is 13.2 Å². The summed E-state index contributed by atoms with van der Waals surface area (Å²) in [5, 5.41) is 2.99. The van der Waals surface area contributed by atoms with Crippen molar-refractivity contribution in [2.24, 2.45) is 0 Å². The second-order valence-corrected chi connectivity index (χ2v) is 4.80. The molecule has 1 aromatic heterocycles. The molecule has 3 rings (SSSR count). The van der Waals surface area contributed by atoms with Gasteiger partial charge in [0, 0.05) is 6.54 Å². The summed E-state index contributed by atoms with van der Waals surface area (Å²) in [5.74, 6) is -0.129. The van der Waals surface area contributed by atoms with Gasteiger partial charge in [0.2, 0.25) is 0 Å². The van der Waals surface area contributed by atoms with Crippen LogP contribution in [0.15, 0.2) is 36.4 Å². The molecule has 0 unspecified atom stereocenters. The number of anilines is 3.